The highest BCUT2D eigenvalue weighted by atomic mass is 16.6. The van der Waals surface area contributed by atoms with E-state index in [9.17, 15) is 20.1 Å². The van der Waals surface area contributed by atoms with Crippen molar-refractivity contribution in [2.24, 2.45) is 0 Å². The van der Waals surface area contributed by atoms with Crippen molar-refractivity contribution in [2.75, 3.05) is 20.8 Å². The number of rotatable bonds is 5. The van der Waals surface area contributed by atoms with E-state index >= 15 is 0 Å². The van der Waals surface area contributed by atoms with Crippen molar-refractivity contribution in [1.82, 2.24) is 0 Å². The second-order valence-corrected chi connectivity index (χ2v) is 6.65. The average Bonchev–Trinajstić information content (AvgIpc) is 2.66. The van der Waals surface area contributed by atoms with Crippen LogP contribution in [0.25, 0.3) is 0 Å². The average molecular weight is 374 g/mol. The van der Waals surface area contributed by atoms with Crippen LogP contribution in [0.2, 0.25) is 0 Å². The summed E-state index contributed by atoms with van der Waals surface area (Å²) < 4.78 is 15.4. The Morgan fingerprint density at radius 1 is 1.07 bits per heavy atom. The summed E-state index contributed by atoms with van der Waals surface area (Å²) in [4.78, 5) is 12.3. The van der Waals surface area contributed by atoms with Gasteiger partial charge in [0.2, 0.25) is 0 Å². The van der Waals surface area contributed by atoms with Gasteiger partial charge in [0.25, 0.3) is 0 Å². The zero-order chi connectivity index (χ0) is 19.6. The van der Waals surface area contributed by atoms with Gasteiger partial charge in [-0.1, -0.05) is 12.1 Å². The van der Waals surface area contributed by atoms with E-state index in [4.69, 9.17) is 14.2 Å². The fraction of sp³-hybridized carbons (Fsp3) is 0.350. The molecule has 2 aromatic rings. The van der Waals surface area contributed by atoms with Gasteiger partial charge in [-0.15, -0.1) is 0 Å². The summed E-state index contributed by atoms with van der Waals surface area (Å²) >= 11 is 0. The first-order valence-electron chi connectivity index (χ1n) is 8.48. The number of cyclic esters (lactones) is 1. The third-order valence-electron chi connectivity index (χ3n) is 4.80. The molecule has 0 aliphatic carbocycles. The number of phenols is 2. The van der Waals surface area contributed by atoms with E-state index in [0.29, 0.717) is 11.3 Å². The molecule has 1 heterocycles. The Morgan fingerprint density at radius 3 is 2.37 bits per heavy atom. The lowest BCUT2D eigenvalue weighted by Crippen LogP contribution is -2.48. The van der Waals surface area contributed by atoms with E-state index in [1.807, 2.05) is 0 Å². The molecular formula is C20H22O7. The van der Waals surface area contributed by atoms with E-state index in [0.717, 1.165) is 5.56 Å². The van der Waals surface area contributed by atoms with Crippen LogP contribution in [-0.4, -0.2) is 47.7 Å². The molecule has 0 saturated carbocycles. The van der Waals surface area contributed by atoms with Crippen LogP contribution in [0.3, 0.4) is 0 Å². The largest absolute Gasteiger partial charge is 0.504 e. The third-order valence-corrected chi connectivity index (χ3v) is 4.80. The summed E-state index contributed by atoms with van der Waals surface area (Å²) in [6.45, 7) is 0.133. The normalized spacial score (nSPS) is 22.2. The van der Waals surface area contributed by atoms with E-state index < -0.39 is 11.6 Å². The minimum atomic E-state index is -1.71. The minimum absolute atomic E-state index is 0.0144. The molecule has 2 atom stereocenters. The second kappa shape index (κ2) is 7.36. The molecule has 3 N–H and O–H groups in total. The maximum Gasteiger partial charge on any atom is 0.338 e. The molecular weight excluding hydrogens is 352 g/mol. The zero-order valence-electron chi connectivity index (χ0n) is 15.1. The molecule has 0 radical (unpaired) electrons. The molecule has 0 spiro atoms. The number of phenolic OH excluding ortho intramolecular Hbond substituents is 2. The molecule has 1 saturated heterocycles. The second-order valence-electron chi connectivity index (χ2n) is 6.65. The molecule has 27 heavy (non-hydrogen) atoms. The van der Waals surface area contributed by atoms with Crippen LogP contribution in [-0.2, 0) is 16.0 Å². The Bertz CT molecular complexity index is 848. The lowest BCUT2D eigenvalue weighted by molar-refractivity contribution is -0.175. The summed E-state index contributed by atoms with van der Waals surface area (Å²) in [6.07, 6.45) is 0.178. The van der Waals surface area contributed by atoms with Crippen molar-refractivity contribution in [2.45, 2.75) is 24.4 Å². The number of esters is 1. The van der Waals surface area contributed by atoms with E-state index in [-0.39, 0.29) is 42.6 Å². The smallest absolute Gasteiger partial charge is 0.338 e. The van der Waals surface area contributed by atoms with Gasteiger partial charge in [-0.05, 0) is 41.8 Å². The number of ether oxygens (including phenoxy) is 3. The molecule has 0 bridgehead atoms. The summed E-state index contributed by atoms with van der Waals surface area (Å²) in [5, 5.41) is 30.4. The van der Waals surface area contributed by atoms with E-state index in [1.54, 1.807) is 24.3 Å². The Morgan fingerprint density at radius 2 is 1.70 bits per heavy atom. The minimum Gasteiger partial charge on any atom is -0.504 e. The summed E-state index contributed by atoms with van der Waals surface area (Å²) in [5.41, 5.74) is -0.289. The number of methoxy groups -OCH3 is 2. The molecule has 1 aliphatic rings. The van der Waals surface area contributed by atoms with Crippen molar-refractivity contribution in [3.63, 3.8) is 0 Å². The van der Waals surface area contributed by atoms with Crippen LogP contribution in [0.4, 0.5) is 0 Å². The molecule has 0 unspecified atom stereocenters. The van der Waals surface area contributed by atoms with Gasteiger partial charge < -0.3 is 29.5 Å². The summed E-state index contributed by atoms with van der Waals surface area (Å²) in [5.74, 6) is -0.358. The zero-order valence-corrected chi connectivity index (χ0v) is 15.1. The summed E-state index contributed by atoms with van der Waals surface area (Å²) in [7, 11) is 2.88. The lowest BCUT2D eigenvalue weighted by Gasteiger charge is -2.35. The van der Waals surface area contributed by atoms with Gasteiger partial charge in [-0.25, -0.2) is 4.79 Å². The Balaban J connectivity index is 1.85. The monoisotopic (exact) mass is 374 g/mol. The number of hydrogen-bond donors (Lipinski definition) is 3. The number of carbonyl (C=O) groups is 1. The molecule has 144 valence electrons. The number of aliphatic hydroxyl groups is 1. The van der Waals surface area contributed by atoms with Gasteiger partial charge in [0.1, 0.15) is 0 Å². The van der Waals surface area contributed by atoms with Crippen molar-refractivity contribution in [3.05, 3.63) is 47.5 Å². The number of carbonyl (C=O) groups excluding carboxylic acids is 1. The van der Waals surface area contributed by atoms with Crippen LogP contribution in [0.1, 0.15) is 23.5 Å². The predicted molar refractivity (Wildman–Crippen MR) is 96.3 cm³/mol. The van der Waals surface area contributed by atoms with E-state index in [1.165, 1.54) is 26.4 Å². The van der Waals surface area contributed by atoms with Crippen LogP contribution in [0, 0.1) is 0 Å². The highest BCUT2D eigenvalue weighted by Gasteiger charge is 2.44. The van der Waals surface area contributed by atoms with Crippen molar-refractivity contribution >= 4 is 5.97 Å². The standard InChI is InChI=1S/C20H22O7/c1-25-17-7-12(3-5-15(17)21)9-20(24)10-14(11-27-19(20)23)13-4-6-16(22)18(8-13)26-2/h3-8,14,21-22,24H,9-11H2,1-2H3/t14-,20-/m0/s1. The summed E-state index contributed by atoms with van der Waals surface area (Å²) in [6, 6.07) is 9.54. The molecule has 3 rings (SSSR count). The van der Waals surface area contributed by atoms with Crippen LogP contribution < -0.4 is 9.47 Å². The van der Waals surface area contributed by atoms with Gasteiger partial charge in [0, 0.05) is 12.3 Å². The molecule has 7 nitrogen and oxygen atoms in total. The SMILES string of the molecule is COc1cc(C[C@]2(O)C[C@H](c3ccc(O)c(OC)c3)COC2=O)ccc1O. The Kier molecular flexibility index (Phi) is 5.14. The number of hydrogen-bond acceptors (Lipinski definition) is 7. The predicted octanol–water partition coefficient (Wildman–Crippen LogP) is 2.12. The molecule has 0 amide bonds. The van der Waals surface area contributed by atoms with Gasteiger partial charge in [-0.3, -0.25) is 0 Å². The van der Waals surface area contributed by atoms with Crippen LogP contribution in [0.15, 0.2) is 36.4 Å². The van der Waals surface area contributed by atoms with Gasteiger partial charge in [0.15, 0.2) is 28.6 Å². The molecule has 1 aliphatic heterocycles. The highest BCUT2D eigenvalue weighted by Crippen LogP contribution is 2.38. The van der Waals surface area contributed by atoms with E-state index in [2.05, 4.69) is 0 Å². The van der Waals surface area contributed by atoms with Gasteiger partial charge in [-0.2, -0.15) is 0 Å². The Hall–Kier alpha value is -2.93. The first-order chi connectivity index (χ1) is 12.9. The van der Waals surface area contributed by atoms with Crippen molar-refractivity contribution in [1.29, 1.82) is 0 Å². The van der Waals surface area contributed by atoms with Gasteiger partial charge in [0.05, 0.1) is 20.8 Å². The first-order valence-corrected chi connectivity index (χ1v) is 8.48. The van der Waals surface area contributed by atoms with Crippen molar-refractivity contribution < 1.29 is 34.3 Å². The Labute approximate surface area is 156 Å². The maximum absolute atomic E-state index is 12.3. The molecule has 0 aromatic heterocycles. The first kappa shape index (κ1) is 18.8. The topological polar surface area (TPSA) is 105 Å². The quantitative estimate of drug-likeness (QED) is 0.689. The number of benzene rings is 2. The number of aromatic hydroxyl groups is 2. The van der Waals surface area contributed by atoms with Crippen molar-refractivity contribution in [3.8, 4) is 23.0 Å². The molecule has 1 fully saturated rings. The molecule has 2 aromatic carbocycles. The fourth-order valence-corrected chi connectivity index (χ4v) is 3.34. The lowest BCUT2D eigenvalue weighted by atomic mass is 9.80. The molecule has 7 heteroatoms. The highest BCUT2D eigenvalue weighted by molar-refractivity contribution is 5.80. The third kappa shape index (κ3) is 3.78. The maximum atomic E-state index is 12.3. The van der Waals surface area contributed by atoms with Crippen LogP contribution in [0.5, 0.6) is 23.0 Å². The van der Waals surface area contributed by atoms with Crippen LogP contribution >= 0.6 is 0 Å². The fourth-order valence-electron chi connectivity index (χ4n) is 3.34. The van der Waals surface area contributed by atoms with Gasteiger partial charge >= 0.3 is 5.97 Å².